The van der Waals surface area contributed by atoms with Crippen LogP contribution in [0, 0.1) is 23.2 Å². The van der Waals surface area contributed by atoms with Gasteiger partial charge in [0.25, 0.3) is 11.8 Å². The molecule has 8 heteroatoms. The Morgan fingerprint density at radius 1 is 1.04 bits per heavy atom. The third-order valence-corrected chi connectivity index (χ3v) is 6.68. The van der Waals surface area contributed by atoms with E-state index in [4.69, 9.17) is 11.6 Å². The molecule has 28 heavy (non-hydrogen) atoms. The predicted molar refractivity (Wildman–Crippen MR) is 102 cm³/mol. The summed E-state index contributed by atoms with van der Waals surface area (Å²) < 4.78 is 0. The largest absolute Gasteiger partial charge is 0.507 e. The number of aromatic hydroxyl groups is 1. The molecule has 150 valence electrons. The highest BCUT2D eigenvalue weighted by atomic mass is 35.5. The van der Waals surface area contributed by atoms with Gasteiger partial charge in [-0.2, -0.15) is 0 Å². The normalized spacial score (nSPS) is 30.0. The number of benzene rings is 1. The molecular formula is C20H24ClN3O4. The van der Waals surface area contributed by atoms with E-state index in [9.17, 15) is 19.5 Å². The molecule has 0 saturated heterocycles. The van der Waals surface area contributed by atoms with Crippen LogP contribution in [0.4, 0.5) is 0 Å². The number of carbonyl (C=O) groups excluding carboxylic acids is 3. The zero-order valence-corrected chi connectivity index (χ0v) is 16.2. The third kappa shape index (κ3) is 3.68. The van der Waals surface area contributed by atoms with Gasteiger partial charge in [0, 0.05) is 10.4 Å². The minimum absolute atomic E-state index is 0.0411. The van der Waals surface area contributed by atoms with Crippen LogP contribution in [0.25, 0.3) is 0 Å². The summed E-state index contributed by atoms with van der Waals surface area (Å²) in [6.45, 7) is -0.206. The highest BCUT2D eigenvalue weighted by molar-refractivity contribution is 6.31. The highest BCUT2D eigenvalue weighted by Crippen LogP contribution is 2.60. The van der Waals surface area contributed by atoms with Gasteiger partial charge >= 0.3 is 0 Å². The van der Waals surface area contributed by atoms with E-state index in [1.165, 1.54) is 37.5 Å². The van der Waals surface area contributed by atoms with E-state index in [0.717, 1.165) is 19.3 Å². The second-order valence-electron chi connectivity index (χ2n) is 8.54. The predicted octanol–water partition coefficient (Wildman–Crippen LogP) is 2.14. The molecular weight excluding hydrogens is 382 g/mol. The van der Waals surface area contributed by atoms with Crippen LogP contribution in [-0.4, -0.2) is 29.4 Å². The number of phenols is 1. The zero-order valence-electron chi connectivity index (χ0n) is 15.5. The third-order valence-electron chi connectivity index (χ3n) is 6.45. The summed E-state index contributed by atoms with van der Waals surface area (Å²) in [4.78, 5) is 36.9. The lowest BCUT2D eigenvalue weighted by molar-refractivity contribution is -0.147. The van der Waals surface area contributed by atoms with Crippen LogP contribution < -0.4 is 16.2 Å². The first-order valence-electron chi connectivity index (χ1n) is 9.70. The average Bonchev–Trinajstić information content (AvgIpc) is 2.65. The van der Waals surface area contributed by atoms with Gasteiger partial charge in [0.15, 0.2) is 0 Å². The number of hydrogen-bond donors (Lipinski definition) is 4. The number of carbonyl (C=O) groups is 3. The molecule has 0 atom stereocenters. The SMILES string of the molecule is O=C(CNC(=O)C12CC3CC(CC(C3)C1)C2)NNC(=O)c1cc(Cl)ccc1O. The van der Waals surface area contributed by atoms with Gasteiger partial charge in [0.2, 0.25) is 5.91 Å². The first kappa shape index (κ1) is 19.1. The van der Waals surface area contributed by atoms with Crippen LogP contribution in [0.15, 0.2) is 18.2 Å². The Kier molecular flexibility index (Phi) is 4.95. The van der Waals surface area contributed by atoms with Gasteiger partial charge in [-0.15, -0.1) is 0 Å². The molecule has 4 bridgehead atoms. The lowest BCUT2D eigenvalue weighted by Gasteiger charge is -2.55. The van der Waals surface area contributed by atoms with Crippen LogP contribution in [0.1, 0.15) is 48.9 Å². The van der Waals surface area contributed by atoms with Gasteiger partial charge in [0.05, 0.1) is 12.1 Å². The van der Waals surface area contributed by atoms with Crippen molar-refractivity contribution >= 4 is 29.3 Å². The minimum Gasteiger partial charge on any atom is -0.507 e. The molecule has 7 nitrogen and oxygen atoms in total. The van der Waals surface area contributed by atoms with Gasteiger partial charge in [-0.3, -0.25) is 25.2 Å². The molecule has 4 fully saturated rings. The fourth-order valence-corrected chi connectivity index (χ4v) is 5.84. The van der Waals surface area contributed by atoms with Crippen molar-refractivity contribution in [3.63, 3.8) is 0 Å². The molecule has 4 N–H and O–H groups in total. The van der Waals surface area contributed by atoms with Gasteiger partial charge in [-0.05, 0) is 74.5 Å². The Hall–Kier alpha value is -2.28. The quantitative estimate of drug-likeness (QED) is 0.575. The van der Waals surface area contributed by atoms with Crippen molar-refractivity contribution in [2.45, 2.75) is 38.5 Å². The summed E-state index contributed by atoms with van der Waals surface area (Å²) in [5.41, 5.74) is 4.10. The first-order valence-corrected chi connectivity index (χ1v) is 10.1. The monoisotopic (exact) mass is 405 g/mol. The summed E-state index contributed by atoms with van der Waals surface area (Å²) in [7, 11) is 0. The van der Waals surface area contributed by atoms with E-state index < -0.39 is 11.8 Å². The molecule has 4 saturated carbocycles. The van der Waals surface area contributed by atoms with Gasteiger partial charge < -0.3 is 10.4 Å². The van der Waals surface area contributed by atoms with E-state index >= 15 is 0 Å². The van der Waals surface area contributed by atoms with Crippen LogP contribution >= 0.6 is 11.6 Å². The van der Waals surface area contributed by atoms with Crippen molar-refractivity contribution < 1.29 is 19.5 Å². The van der Waals surface area contributed by atoms with E-state index in [-0.39, 0.29) is 34.2 Å². The smallest absolute Gasteiger partial charge is 0.273 e. The topological polar surface area (TPSA) is 108 Å². The van der Waals surface area contributed by atoms with Crippen LogP contribution in [0.2, 0.25) is 5.02 Å². The van der Waals surface area contributed by atoms with Gasteiger partial charge in [-0.25, -0.2) is 0 Å². The molecule has 5 rings (SSSR count). The van der Waals surface area contributed by atoms with E-state index in [1.807, 2.05) is 0 Å². The number of hydrogen-bond acceptors (Lipinski definition) is 4. The maximum atomic E-state index is 12.8. The molecule has 0 spiro atoms. The van der Waals surface area contributed by atoms with Crippen LogP contribution in [0.3, 0.4) is 0 Å². The summed E-state index contributed by atoms with van der Waals surface area (Å²) in [6, 6.07) is 4.05. The fourth-order valence-electron chi connectivity index (χ4n) is 5.66. The molecule has 4 aliphatic rings. The Morgan fingerprint density at radius 3 is 2.25 bits per heavy atom. The van der Waals surface area contributed by atoms with E-state index in [2.05, 4.69) is 16.2 Å². The van der Waals surface area contributed by atoms with E-state index in [0.29, 0.717) is 17.8 Å². The van der Waals surface area contributed by atoms with Crippen molar-refractivity contribution in [2.24, 2.45) is 23.2 Å². The highest BCUT2D eigenvalue weighted by Gasteiger charge is 2.54. The standard InChI is InChI=1S/C20H24ClN3O4/c21-14-1-2-16(25)15(6-14)18(27)24-23-17(26)10-22-19(28)20-7-11-3-12(8-20)5-13(4-11)9-20/h1-2,6,11-13,25H,3-5,7-10H2,(H,22,28)(H,23,26)(H,24,27). The lowest BCUT2D eigenvalue weighted by Crippen LogP contribution is -2.55. The van der Waals surface area contributed by atoms with Crippen molar-refractivity contribution in [1.82, 2.24) is 16.2 Å². The minimum atomic E-state index is -0.694. The summed E-state index contributed by atoms with van der Waals surface area (Å²) >= 11 is 5.81. The Bertz CT molecular complexity index is 790. The van der Waals surface area contributed by atoms with Crippen molar-refractivity contribution in [3.05, 3.63) is 28.8 Å². The zero-order chi connectivity index (χ0) is 19.9. The summed E-state index contributed by atoms with van der Waals surface area (Å²) in [5.74, 6) is 0.432. The number of nitrogens with one attached hydrogen (secondary N) is 3. The summed E-state index contributed by atoms with van der Waals surface area (Å²) in [6.07, 6.45) is 6.52. The fraction of sp³-hybridized carbons (Fsp3) is 0.550. The molecule has 0 aromatic heterocycles. The van der Waals surface area contributed by atoms with Crippen molar-refractivity contribution in [1.29, 1.82) is 0 Å². The van der Waals surface area contributed by atoms with Crippen molar-refractivity contribution in [3.8, 4) is 5.75 Å². The van der Waals surface area contributed by atoms with Crippen LogP contribution in [-0.2, 0) is 9.59 Å². The van der Waals surface area contributed by atoms with Gasteiger partial charge in [-0.1, -0.05) is 11.6 Å². The second kappa shape index (κ2) is 7.28. The number of rotatable bonds is 4. The molecule has 1 aromatic rings. The maximum absolute atomic E-state index is 12.8. The molecule has 0 radical (unpaired) electrons. The lowest BCUT2D eigenvalue weighted by atomic mass is 9.49. The summed E-state index contributed by atoms with van der Waals surface area (Å²) in [5, 5.41) is 12.7. The Morgan fingerprint density at radius 2 is 1.64 bits per heavy atom. The maximum Gasteiger partial charge on any atom is 0.273 e. The average molecular weight is 406 g/mol. The Balaban J connectivity index is 1.27. The molecule has 1 aromatic carbocycles. The number of hydrazine groups is 1. The number of amides is 3. The number of halogens is 1. The molecule has 4 aliphatic carbocycles. The Labute approximate surface area is 168 Å². The molecule has 0 heterocycles. The van der Waals surface area contributed by atoms with E-state index in [1.54, 1.807) is 0 Å². The van der Waals surface area contributed by atoms with Gasteiger partial charge in [0.1, 0.15) is 5.75 Å². The van der Waals surface area contributed by atoms with Crippen LogP contribution in [0.5, 0.6) is 5.75 Å². The molecule has 3 amide bonds. The molecule has 0 unspecified atom stereocenters. The number of phenolic OH excluding ortho intramolecular Hbond substituents is 1. The first-order chi connectivity index (χ1) is 13.3. The second-order valence-corrected chi connectivity index (χ2v) is 8.98. The van der Waals surface area contributed by atoms with Crippen molar-refractivity contribution in [2.75, 3.05) is 6.54 Å². The molecule has 0 aliphatic heterocycles.